The van der Waals surface area contributed by atoms with Crippen molar-refractivity contribution in [3.8, 4) is 0 Å². The molecular formula is C16H34O2. The van der Waals surface area contributed by atoms with Crippen molar-refractivity contribution in [1.82, 2.24) is 0 Å². The van der Waals surface area contributed by atoms with Gasteiger partial charge in [-0.15, -0.1) is 0 Å². The van der Waals surface area contributed by atoms with Crippen LogP contribution in [0.2, 0.25) is 0 Å². The van der Waals surface area contributed by atoms with Crippen LogP contribution in [0, 0.1) is 23.7 Å². The van der Waals surface area contributed by atoms with Crippen LogP contribution in [0.1, 0.15) is 61.3 Å². The molecule has 0 amide bonds. The highest BCUT2D eigenvalue weighted by molar-refractivity contribution is 4.69. The van der Waals surface area contributed by atoms with Crippen LogP contribution in [-0.4, -0.2) is 23.9 Å². The van der Waals surface area contributed by atoms with E-state index in [4.69, 9.17) is 4.74 Å². The molecule has 0 fully saturated rings. The van der Waals surface area contributed by atoms with Gasteiger partial charge in [0, 0.05) is 6.61 Å². The third kappa shape index (κ3) is 7.38. The molecule has 0 saturated heterocycles. The minimum atomic E-state index is -0.212. The summed E-state index contributed by atoms with van der Waals surface area (Å²) < 4.78 is 6.00. The molecule has 0 heterocycles. The Bertz CT molecular complexity index is 199. The van der Waals surface area contributed by atoms with Crippen molar-refractivity contribution in [2.45, 2.75) is 73.5 Å². The number of hydrogen-bond acceptors (Lipinski definition) is 2. The van der Waals surface area contributed by atoms with E-state index < -0.39 is 0 Å². The highest BCUT2D eigenvalue weighted by atomic mass is 16.5. The minimum Gasteiger partial charge on any atom is -0.393 e. The van der Waals surface area contributed by atoms with Crippen molar-refractivity contribution in [3.63, 3.8) is 0 Å². The lowest BCUT2D eigenvalue weighted by atomic mass is 9.92. The standard InChI is InChI=1S/C16H34O2/c1-11(2)10-15(12(3)4)18-9-8-14(7)16(17)13(5)6/h11-17H,8-10H2,1-7H3. The molecule has 0 aliphatic carbocycles. The predicted octanol–water partition coefficient (Wildman–Crippen LogP) is 4.12. The number of aliphatic hydroxyl groups is 1. The van der Waals surface area contributed by atoms with E-state index in [0.29, 0.717) is 29.8 Å². The van der Waals surface area contributed by atoms with Gasteiger partial charge in [0.05, 0.1) is 12.2 Å². The summed E-state index contributed by atoms with van der Waals surface area (Å²) in [6, 6.07) is 0. The Morgan fingerprint density at radius 1 is 0.889 bits per heavy atom. The molecule has 0 aromatic carbocycles. The maximum atomic E-state index is 9.96. The second-order valence-electron chi connectivity index (χ2n) is 6.78. The van der Waals surface area contributed by atoms with Crippen LogP contribution < -0.4 is 0 Å². The lowest BCUT2D eigenvalue weighted by Crippen LogP contribution is -2.27. The summed E-state index contributed by atoms with van der Waals surface area (Å²) in [6.07, 6.45) is 2.21. The van der Waals surface area contributed by atoms with Crippen LogP contribution in [0.4, 0.5) is 0 Å². The minimum absolute atomic E-state index is 0.212. The molecule has 2 heteroatoms. The fraction of sp³-hybridized carbons (Fsp3) is 1.00. The molecular weight excluding hydrogens is 224 g/mol. The van der Waals surface area contributed by atoms with Gasteiger partial charge in [-0.05, 0) is 36.5 Å². The Balaban J connectivity index is 3.99. The van der Waals surface area contributed by atoms with Crippen LogP contribution in [-0.2, 0) is 4.74 Å². The van der Waals surface area contributed by atoms with Gasteiger partial charge in [0.25, 0.3) is 0 Å². The smallest absolute Gasteiger partial charge is 0.0600 e. The number of ether oxygens (including phenoxy) is 1. The van der Waals surface area contributed by atoms with E-state index >= 15 is 0 Å². The molecule has 2 nitrogen and oxygen atoms in total. The first-order valence-corrected chi connectivity index (χ1v) is 7.55. The molecule has 0 aliphatic rings. The second-order valence-corrected chi connectivity index (χ2v) is 6.78. The second kappa shape index (κ2) is 8.92. The number of hydrogen-bond donors (Lipinski definition) is 1. The number of rotatable bonds is 9. The summed E-state index contributed by atoms with van der Waals surface area (Å²) in [6.45, 7) is 15.9. The van der Waals surface area contributed by atoms with Crippen molar-refractivity contribution in [3.05, 3.63) is 0 Å². The molecule has 0 bridgehead atoms. The van der Waals surface area contributed by atoms with E-state index in [-0.39, 0.29) is 6.10 Å². The third-order valence-corrected chi connectivity index (χ3v) is 3.62. The van der Waals surface area contributed by atoms with Gasteiger partial charge in [0.1, 0.15) is 0 Å². The average Bonchev–Trinajstić information content (AvgIpc) is 2.25. The summed E-state index contributed by atoms with van der Waals surface area (Å²) in [5.74, 6) is 1.89. The quantitative estimate of drug-likeness (QED) is 0.674. The first-order chi connectivity index (χ1) is 8.25. The van der Waals surface area contributed by atoms with E-state index in [1.807, 2.05) is 0 Å². The van der Waals surface area contributed by atoms with Crippen LogP contribution in [0.15, 0.2) is 0 Å². The van der Waals surface area contributed by atoms with E-state index in [1.165, 1.54) is 0 Å². The van der Waals surface area contributed by atoms with Crippen LogP contribution in [0.3, 0.4) is 0 Å². The lowest BCUT2D eigenvalue weighted by molar-refractivity contribution is -0.0109. The molecule has 0 rings (SSSR count). The topological polar surface area (TPSA) is 29.5 Å². The molecule has 0 aliphatic heterocycles. The van der Waals surface area contributed by atoms with Crippen LogP contribution in [0.5, 0.6) is 0 Å². The zero-order valence-electron chi connectivity index (χ0n) is 13.4. The Morgan fingerprint density at radius 3 is 1.83 bits per heavy atom. The molecule has 3 atom stereocenters. The summed E-state index contributed by atoms with van der Waals surface area (Å²) in [5, 5.41) is 9.96. The number of aliphatic hydroxyl groups excluding tert-OH is 1. The normalized spacial score (nSPS) is 17.5. The molecule has 0 aromatic heterocycles. The first kappa shape index (κ1) is 17.9. The Hall–Kier alpha value is -0.0800. The molecule has 1 N–H and O–H groups in total. The summed E-state index contributed by atoms with van der Waals surface area (Å²) in [4.78, 5) is 0. The van der Waals surface area contributed by atoms with Gasteiger partial charge in [0.2, 0.25) is 0 Å². The summed E-state index contributed by atoms with van der Waals surface area (Å²) in [7, 11) is 0. The molecule has 18 heavy (non-hydrogen) atoms. The van der Waals surface area contributed by atoms with Crippen molar-refractivity contribution >= 4 is 0 Å². The molecule has 0 aromatic rings. The average molecular weight is 258 g/mol. The molecule has 3 unspecified atom stereocenters. The Kier molecular flexibility index (Phi) is 8.89. The van der Waals surface area contributed by atoms with Crippen molar-refractivity contribution in [2.24, 2.45) is 23.7 Å². The van der Waals surface area contributed by atoms with Gasteiger partial charge in [-0.25, -0.2) is 0 Å². The fourth-order valence-electron chi connectivity index (χ4n) is 2.23. The SMILES string of the molecule is CC(C)CC(OCCC(C)C(O)C(C)C)C(C)C. The maximum Gasteiger partial charge on any atom is 0.0600 e. The van der Waals surface area contributed by atoms with Crippen LogP contribution in [0.25, 0.3) is 0 Å². The Labute approximate surface area is 114 Å². The molecule has 0 spiro atoms. The lowest BCUT2D eigenvalue weighted by Gasteiger charge is -2.26. The monoisotopic (exact) mass is 258 g/mol. The zero-order chi connectivity index (χ0) is 14.3. The van der Waals surface area contributed by atoms with Gasteiger partial charge in [0.15, 0.2) is 0 Å². The van der Waals surface area contributed by atoms with E-state index in [1.54, 1.807) is 0 Å². The molecule has 110 valence electrons. The summed E-state index contributed by atoms with van der Waals surface area (Å²) in [5.41, 5.74) is 0. The first-order valence-electron chi connectivity index (χ1n) is 7.55. The van der Waals surface area contributed by atoms with Gasteiger partial charge in [-0.2, -0.15) is 0 Å². The molecule has 0 saturated carbocycles. The maximum absolute atomic E-state index is 9.96. The van der Waals surface area contributed by atoms with Crippen molar-refractivity contribution in [2.75, 3.05) is 6.61 Å². The fourth-order valence-corrected chi connectivity index (χ4v) is 2.23. The third-order valence-electron chi connectivity index (χ3n) is 3.62. The largest absolute Gasteiger partial charge is 0.393 e. The van der Waals surface area contributed by atoms with Gasteiger partial charge in [-0.1, -0.05) is 48.5 Å². The van der Waals surface area contributed by atoms with Gasteiger partial charge >= 0.3 is 0 Å². The molecule has 0 radical (unpaired) electrons. The Morgan fingerprint density at radius 2 is 1.44 bits per heavy atom. The van der Waals surface area contributed by atoms with Crippen molar-refractivity contribution < 1.29 is 9.84 Å². The van der Waals surface area contributed by atoms with E-state index in [2.05, 4.69) is 48.5 Å². The van der Waals surface area contributed by atoms with E-state index in [0.717, 1.165) is 19.4 Å². The predicted molar refractivity (Wildman–Crippen MR) is 78.7 cm³/mol. The van der Waals surface area contributed by atoms with E-state index in [9.17, 15) is 5.11 Å². The van der Waals surface area contributed by atoms with Gasteiger partial charge < -0.3 is 9.84 Å². The highest BCUT2D eigenvalue weighted by Crippen LogP contribution is 2.19. The van der Waals surface area contributed by atoms with Crippen LogP contribution >= 0.6 is 0 Å². The van der Waals surface area contributed by atoms with Crippen molar-refractivity contribution in [1.29, 1.82) is 0 Å². The highest BCUT2D eigenvalue weighted by Gasteiger charge is 2.19. The summed E-state index contributed by atoms with van der Waals surface area (Å²) >= 11 is 0. The van der Waals surface area contributed by atoms with Gasteiger partial charge in [-0.3, -0.25) is 0 Å². The zero-order valence-corrected chi connectivity index (χ0v) is 13.4.